The van der Waals surface area contributed by atoms with E-state index in [1.807, 2.05) is 42.5 Å². The minimum absolute atomic E-state index is 0.105. The second-order valence-electron chi connectivity index (χ2n) is 4.47. The highest BCUT2D eigenvalue weighted by Gasteiger charge is 2.27. The molecule has 0 saturated carbocycles. The van der Waals surface area contributed by atoms with E-state index >= 15 is 0 Å². The van der Waals surface area contributed by atoms with Crippen molar-refractivity contribution in [1.82, 2.24) is 4.90 Å². The van der Waals surface area contributed by atoms with Gasteiger partial charge in [0.25, 0.3) is 5.24 Å². The van der Waals surface area contributed by atoms with Crippen LogP contribution in [0.2, 0.25) is 0 Å². The molecule has 2 aromatic carbocycles. The Kier molecular flexibility index (Phi) is 3.25. The third kappa shape index (κ3) is 2.36. The summed E-state index contributed by atoms with van der Waals surface area (Å²) in [7, 11) is 0. The molecule has 0 aromatic heterocycles. The fourth-order valence-electron chi connectivity index (χ4n) is 2.32. The third-order valence-corrected chi connectivity index (χ3v) is 4.14. The molecule has 0 radical (unpaired) electrons. The van der Waals surface area contributed by atoms with Crippen LogP contribution in [-0.4, -0.2) is 28.3 Å². The fourth-order valence-corrected chi connectivity index (χ4v) is 3.12. The molecular weight excluding hydrogens is 258 g/mol. The van der Waals surface area contributed by atoms with Crippen molar-refractivity contribution in [3.63, 3.8) is 0 Å². The third-order valence-electron chi connectivity index (χ3n) is 3.28. The van der Waals surface area contributed by atoms with Crippen LogP contribution in [0.3, 0.4) is 0 Å². The second-order valence-corrected chi connectivity index (χ2v) is 5.52. The highest BCUT2D eigenvalue weighted by Crippen LogP contribution is 2.22. The van der Waals surface area contributed by atoms with Gasteiger partial charge in [0.15, 0.2) is 0 Å². The van der Waals surface area contributed by atoms with Crippen LogP contribution in [0.15, 0.2) is 42.5 Å². The summed E-state index contributed by atoms with van der Waals surface area (Å²) in [4.78, 5) is 25.1. The summed E-state index contributed by atoms with van der Waals surface area (Å²) in [5.41, 5.74) is 0.979. The van der Waals surface area contributed by atoms with Crippen molar-refractivity contribution in [2.45, 2.75) is 6.42 Å². The van der Waals surface area contributed by atoms with Gasteiger partial charge < -0.3 is 0 Å². The van der Waals surface area contributed by atoms with E-state index in [2.05, 4.69) is 0 Å². The van der Waals surface area contributed by atoms with Crippen molar-refractivity contribution in [1.29, 1.82) is 0 Å². The first-order valence-electron chi connectivity index (χ1n) is 6.19. The largest absolute Gasteiger partial charge is 0.288 e. The van der Waals surface area contributed by atoms with Crippen LogP contribution in [0.25, 0.3) is 10.8 Å². The molecule has 96 valence electrons. The number of amides is 2. The molecule has 0 unspecified atom stereocenters. The Balaban J connectivity index is 1.89. The molecule has 19 heavy (non-hydrogen) atoms. The lowest BCUT2D eigenvalue weighted by molar-refractivity contribution is -0.126. The van der Waals surface area contributed by atoms with Gasteiger partial charge in [-0.3, -0.25) is 14.5 Å². The number of fused-ring (bicyclic) bond motifs is 1. The highest BCUT2D eigenvalue weighted by molar-refractivity contribution is 8.13. The van der Waals surface area contributed by atoms with Crippen molar-refractivity contribution in [2.75, 3.05) is 12.3 Å². The number of rotatable bonds is 2. The number of imide groups is 1. The van der Waals surface area contributed by atoms with Crippen LogP contribution in [0.4, 0.5) is 4.79 Å². The van der Waals surface area contributed by atoms with Gasteiger partial charge >= 0.3 is 0 Å². The molecule has 1 saturated heterocycles. The van der Waals surface area contributed by atoms with Gasteiger partial charge in [-0.05, 0) is 16.3 Å². The fraction of sp³-hybridized carbons (Fsp3) is 0.200. The zero-order valence-electron chi connectivity index (χ0n) is 10.3. The molecule has 0 bridgehead atoms. The summed E-state index contributed by atoms with van der Waals surface area (Å²) in [6.45, 7) is 0.535. The zero-order valence-corrected chi connectivity index (χ0v) is 11.2. The predicted molar refractivity (Wildman–Crippen MR) is 77.2 cm³/mol. The highest BCUT2D eigenvalue weighted by atomic mass is 32.2. The number of hydrogen-bond acceptors (Lipinski definition) is 3. The quantitative estimate of drug-likeness (QED) is 0.842. The van der Waals surface area contributed by atoms with Crippen molar-refractivity contribution < 1.29 is 9.59 Å². The van der Waals surface area contributed by atoms with E-state index in [0.717, 1.165) is 16.3 Å². The van der Waals surface area contributed by atoms with Crippen LogP contribution < -0.4 is 0 Å². The Morgan fingerprint density at radius 1 is 1.16 bits per heavy atom. The standard InChI is InChI=1S/C15H13NO2S/c17-14(16-8-9-19-15(16)18)10-12-6-3-5-11-4-1-2-7-13(11)12/h1-7H,8-10H2. The lowest BCUT2D eigenvalue weighted by Crippen LogP contribution is -2.32. The minimum atomic E-state index is -0.120. The molecule has 4 heteroatoms. The average molecular weight is 271 g/mol. The van der Waals surface area contributed by atoms with Crippen molar-refractivity contribution in [3.05, 3.63) is 48.0 Å². The van der Waals surface area contributed by atoms with Gasteiger partial charge in [0.2, 0.25) is 5.91 Å². The van der Waals surface area contributed by atoms with Gasteiger partial charge in [-0.1, -0.05) is 54.2 Å². The van der Waals surface area contributed by atoms with Gasteiger partial charge in [0, 0.05) is 12.3 Å². The van der Waals surface area contributed by atoms with Gasteiger partial charge in [-0.25, -0.2) is 0 Å². The van der Waals surface area contributed by atoms with Crippen molar-refractivity contribution in [3.8, 4) is 0 Å². The van der Waals surface area contributed by atoms with E-state index in [-0.39, 0.29) is 17.6 Å². The lowest BCUT2D eigenvalue weighted by atomic mass is 10.0. The number of benzene rings is 2. The molecule has 1 fully saturated rings. The van der Waals surface area contributed by atoms with Crippen LogP contribution in [0, 0.1) is 0 Å². The van der Waals surface area contributed by atoms with Gasteiger partial charge in [0.1, 0.15) is 0 Å². The molecule has 1 aliphatic heterocycles. The van der Waals surface area contributed by atoms with E-state index in [1.165, 1.54) is 16.7 Å². The predicted octanol–water partition coefficient (Wildman–Crippen LogP) is 3.08. The van der Waals surface area contributed by atoms with Crippen LogP contribution in [0.1, 0.15) is 5.56 Å². The SMILES string of the molecule is O=C(Cc1cccc2ccccc12)N1CCSC1=O. The van der Waals surface area contributed by atoms with E-state index < -0.39 is 0 Å². The maximum atomic E-state index is 12.2. The Morgan fingerprint density at radius 2 is 1.95 bits per heavy atom. The first-order chi connectivity index (χ1) is 9.25. The molecule has 0 N–H and O–H groups in total. The Hall–Kier alpha value is -1.81. The maximum absolute atomic E-state index is 12.2. The van der Waals surface area contributed by atoms with Gasteiger partial charge in [-0.15, -0.1) is 0 Å². The average Bonchev–Trinajstić information content (AvgIpc) is 2.85. The molecule has 1 heterocycles. The van der Waals surface area contributed by atoms with Crippen molar-refractivity contribution >= 4 is 33.7 Å². The van der Waals surface area contributed by atoms with Crippen LogP contribution in [-0.2, 0) is 11.2 Å². The molecular formula is C15H13NO2S. The number of hydrogen-bond donors (Lipinski definition) is 0. The van der Waals surface area contributed by atoms with Crippen molar-refractivity contribution in [2.24, 2.45) is 0 Å². The Bertz CT molecular complexity index is 648. The molecule has 2 aromatic rings. The molecule has 2 amide bonds. The summed E-state index contributed by atoms with van der Waals surface area (Å²) >= 11 is 1.21. The number of thioether (sulfide) groups is 1. The number of carbonyl (C=O) groups excluding carboxylic acids is 2. The summed E-state index contributed by atoms with van der Waals surface area (Å²) in [6, 6.07) is 13.9. The molecule has 0 aliphatic carbocycles. The molecule has 3 nitrogen and oxygen atoms in total. The maximum Gasteiger partial charge on any atom is 0.288 e. The topological polar surface area (TPSA) is 37.4 Å². The van der Waals surface area contributed by atoms with Gasteiger partial charge in [0.05, 0.1) is 6.42 Å². The Labute approximate surface area is 115 Å². The normalized spacial score (nSPS) is 15.2. The summed E-state index contributed by atoms with van der Waals surface area (Å²) in [6.07, 6.45) is 0.285. The second kappa shape index (κ2) is 5.05. The van der Waals surface area contributed by atoms with E-state index in [9.17, 15) is 9.59 Å². The van der Waals surface area contributed by atoms with Gasteiger partial charge in [-0.2, -0.15) is 0 Å². The Morgan fingerprint density at radius 3 is 2.74 bits per heavy atom. The van der Waals surface area contributed by atoms with E-state index in [4.69, 9.17) is 0 Å². The molecule has 0 spiro atoms. The summed E-state index contributed by atoms with van der Waals surface area (Å²) < 4.78 is 0. The minimum Gasteiger partial charge on any atom is -0.274 e. The van der Waals surface area contributed by atoms with Crippen LogP contribution in [0.5, 0.6) is 0 Å². The lowest BCUT2D eigenvalue weighted by Gasteiger charge is -2.13. The first kappa shape index (κ1) is 12.2. The summed E-state index contributed by atoms with van der Waals surface area (Å²) in [5, 5.41) is 2.08. The first-order valence-corrected chi connectivity index (χ1v) is 7.18. The zero-order chi connectivity index (χ0) is 13.2. The molecule has 1 aliphatic rings. The summed E-state index contributed by atoms with van der Waals surface area (Å²) in [5.74, 6) is 0.603. The van der Waals surface area contributed by atoms with Crippen LogP contribution >= 0.6 is 11.8 Å². The monoisotopic (exact) mass is 271 g/mol. The molecule has 3 rings (SSSR count). The van der Waals surface area contributed by atoms with E-state index in [0.29, 0.717) is 12.3 Å². The smallest absolute Gasteiger partial charge is 0.274 e. The van der Waals surface area contributed by atoms with E-state index in [1.54, 1.807) is 0 Å². The molecule has 0 atom stereocenters. The number of nitrogens with zero attached hydrogens (tertiary/aromatic N) is 1. The number of carbonyl (C=O) groups is 2.